The second-order valence-electron chi connectivity index (χ2n) is 6.98. The van der Waals surface area contributed by atoms with Crippen LogP contribution in [0.5, 0.6) is 0 Å². The van der Waals surface area contributed by atoms with Gasteiger partial charge in [-0.2, -0.15) is 6.08 Å². The number of benzene rings is 1. The molecule has 0 saturated carbocycles. The van der Waals surface area contributed by atoms with Crippen LogP contribution >= 0.6 is 0 Å². The second kappa shape index (κ2) is 22.4. The van der Waals surface area contributed by atoms with Crippen LogP contribution in [-0.2, 0) is 0 Å². The van der Waals surface area contributed by atoms with Gasteiger partial charge >= 0.3 is 51.4 Å². The number of nitrogens with two attached hydrogens (primary N) is 1. The molecule has 0 radical (unpaired) electrons. The van der Waals surface area contributed by atoms with Gasteiger partial charge in [0.1, 0.15) is 0 Å². The molecule has 29 heavy (non-hydrogen) atoms. The molecular weight excluding hydrogens is 379 g/mol. The Kier molecular flexibility index (Phi) is 25.7. The third kappa shape index (κ3) is 16.1. The fraction of sp³-hybridized carbons (Fsp3) is 0.500. The maximum absolute atomic E-state index is 4.50. The number of rotatable bonds is 10. The van der Waals surface area contributed by atoms with Crippen molar-refractivity contribution in [2.75, 3.05) is 7.05 Å². The Bertz CT molecular complexity index is 547. The molecule has 2 atom stereocenters. The largest absolute Gasteiger partial charge is 1.00 e. The van der Waals surface area contributed by atoms with Crippen LogP contribution in [0.4, 0.5) is 0 Å². The van der Waals surface area contributed by atoms with Gasteiger partial charge in [0, 0.05) is 0 Å². The fourth-order valence-electron chi connectivity index (χ4n) is 2.68. The van der Waals surface area contributed by atoms with Crippen molar-refractivity contribution in [3.05, 3.63) is 72.9 Å². The molecule has 0 saturated heterocycles. The number of hydrogen-bond donors (Lipinski definition) is 2. The smallest absolute Gasteiger partial charge is 0.445 e. The molecule has 3 N–H and O–H groups in total. The summed E-state index contributed by atoms with van der Waals surface area (Å²) in [7, 11) is 1.50. The standard InChI is InChI=1S/C23H33N.C2H6.CH5N.K/c1-7-19(4)23(22-11-9-8-10-12-22)14-16-24-15-13-20(5)21(6)17-18(2)3;2*1-2;/h8-11,13-16,18-19,21,24H,5,7,17H2,1-4,6H3;1-2H3;2H2,1H3;/q-2;;;+1/b15-13-,23-14-;;;. The van der Waals surface area contributed by atoms with Crippen molar-refractivity contribution in [3.63, 3.8) is 0 Å². The summed E-state index contributed by atoms with van der Waals surface area (Å²) < 4.78 is 0. The van der Waals surface area contributed by atoms with E-state index in [1.54, 1.807) is 0 Å². The van der Waals surface area contributed by atoms with Crippen LogP contribution in [-0.4, -0.2) is 7.05 Å². The molecule has 2 nitrogen and oxygen atoms in total. The first-order valence-corrected chi connectivity index (χ1v) is 10.6. The fourth-order valence-corrected chi connectivity index (χ4v) is 2.68. The van der Waals surface area contributed by atoms with Crippen LogP contribution in [0, 0.1) is 30.4 Å². The Morgan fingerprint density at radius 2 is 1.79 bits per heavy atom. The molecule has 2 unspecified atom stereocenters. The minimum absolute atomic E-state index is 0. The molecule has 0 spiro atoms. The summed E-state index contributed by atoms with van der Waals surface area (Å²) in [6.07, 6.45) is 8.49. The molecule has 0 bridgehead atoms. The van der Waals surface area contributed by atoms with Gasteiger partial charge in [0.15, 0.2) is 0 Å². The van der Waals surface area contributed by atoms with E-state index < -0.39 is 0 Å². The summed E-state index contributed by atoms with van der Waals surface area (Å²) >= 11 is 0. The topological polar surface area (TPSA) is 38.0 Å². The van der Waals surface area contributed by atoms with E-state index in [1.807, 2.05) is 38.7 Å². The van der Waals surface area contributed by atoms with Gasteiger partial charge in [0.05, 0.1) is 0 Å². The van der Waals surface area contributed by atoms with Gasteiger partial charge in [-0.3, -0.25) is 0 Å². The third-order valence-corrected chi connectivity index (χ3v) is 4.37. The predicted octanol–water partition coefficient (Wildman–Crippen LogP) is 4.02. The van der Waals surface area contributed by atoms with E-state index >= 15 is 0 Å². The van der Waals surface area contributed by atoms with E-state index in [0.717, 1.165) is 6.42 Å². The Morgan fingerprint density at radius 1 is 1.17 bits per heavy atom. The van der Waals surface area contributed by atoms with Crippen LogP contribution in [0.3, 0.4) is 0 Å². The molecule has 0 aliphatic carbocycles. The van der Waals surface area contributed by atoms with Crippen LogP contribution in [0.15, 0.2) is 54.8 Å². The maximum Gasteiger partial charge on any atom is 1.00 e. The first kappa shape index (κ1) is 33.3. The first-order chi connectivity index (χ1) is 13.5. The molecule has 1 rings (SSSR count). The molecule has 0 heterocycles. The molecule has 1 aromatic rings. The maximum atomic E-state index is 4.50. The average molecular weight is 424 g/mol. The zero-order valence-corrected chi connectivity index (χ0v) is 23.7. The van der Waals surface area contributed by atoms with Gasteiger partial charge in [-0.25, -0.2) is 0 Å². The van der Waals surface area contributed by atoms with Gasteiger partial charge in [0.2, 0.25) is 0 Å². The van der Waals surface area contributed by atoms with E-state index in [2.05, 4.69) is 82.6 Å². The Hall–Kier alpha value is -0.294. The normalized spacial score (nSPS) is 12.6. The molecule has 160 valence electrons. The molecule has 0 aliphatic heterocycles. The monoisotopic (exact) mass is 423 g/mol. The zero-order valence-electron chi connectivity index (χ0n) is 20.5. The van der Waals surface area contributed by atoms with E-state index in [4.69, 9.17) is 0 Å². The van der Waals surface area contributed by atoms with Gasteiger partial charge in [-0.05, 0) is 37.6 Å². The van der Waals surface area contributed by atoms with Crippen molar-refractivity contribution in [2.45, 2.75) is 61.3 Å². The molecule has 0 fully saturated rings. The number of hydrogen-bond acceptors (Lipinski definition) is 2. The SMILES string of the molecule is C=C(/C=C\N[CH-]/C=C(\c1[c-]cccc1)C(C)CC)C(C)CC(C)C.CC.CN.[K+]. The summed E-state index contributed by atoms with van der Waals surface area (Å²) in [5.74, 6) is 1.73. The molecule has 3 heteroatoms. The number of nitrogens with one attached hydrogen (secondary N) is 1. The van der Waals surface area contributed by atoms with Crippen LogP contribution in [0.2, 0.25) is 0 Å². The summed E-state index contributed by atoms with van der Waals surface area (Å²) in [6, 6.07) is 11.5. The first-order valence-electron chi connectivity index (χ1n) is 10.6. The van der Waals surface area contributed by atoms with Gasteiger partial charge in [-0.1, -0.05) is 73.0 Å². The van der Waals surface area contributed by atoms with Crippen molar-refractivity contribution in [1.82, 2.24) is 5.32 Å². The Balaban J connectivity index is -0.00000127. The van der Waals surface area contributed by atoms with Crippen molar-refractivity contribution < 1.29 is 51.4 Å². The zero-order chi connectivity index (χ0) is 21.9. The molecular formula is C26H44KN2-. The number of allylic oxidation sites excluding steroid dienone is 3. The van der Waals surface area contributed by atoms with Crippen molar-refractivity contribution in [1.29, 1.82) is 0 Å². The summed E-state index contributed by atoms with van der Waals surface area (Å²) in [4.78, 5) is 0. The van der Waals surface area contributed by atoms with Crippen LogP contribution in [0.25, 0.3) is 5.57 Å². The van der Waals surface area contributed by atoms with Crippen molar-refractivity contribution in [2.24, 2.45) is 23.5 Å². The van der Waals surface area contributed by atoms with E-state index in [0.29, 0.717) is 17.8 Å². The quantitative estimate of drug-likeness (QED) is 0.258. The summed E-state index contributed by atoms with van der Waals surface area (Å²) in [6.45, 7) is 21.4. The second-order valence-corrected chi connectivity index (χ2v) is 6.98. The van der Waals surface area contributed by atoms with Crippen LogP contribution < -0.4 is 62.4 Å². The summed E-state index contributed by atoms with van der Waals surface area (Å²) in [5.41, 5.74) is 8.15. The average Bonchev–Trinajstić information content (AvgIpc) is 2.73. The van der Waals surface area contributed by atoms with E-state index in [9.17, 15) is 0 Å². The third-order valence-electron chi connectivity index (χ3n) is 4.37. The van der Waals surface area contributed by atoms with Gasteiger partial charge in [0.25, 0.3) is 0 Å². The van der Waals surface area contributed by atoms with Gasteiger partial charge < -0.3 is 11.1 Å². The van der Waals surface area contributed by atoms with Crippen LogP contribution in [0.1, 0.15) is 66.9 Å². The van der Waals surface area contributed by atoms with E-state index in [-0.39, 0.29) is 51.4 Å². The van der Waals surface area contributed by atoms with Gasteiger partial charge in [-0.15, -0.1) is 48.0 Å². The minimum atomic E-state index is 0. The molecule has 0 amide bonds. The molecule has 1 aromatic carbocycles. The Morgan fingerprint density at radius 3 is 2.28 bits per heavy atom. The predicted molar refractivity (Wildman–Crippen MR) is 129 cm³/mol. The minimum Gasteiger partial charge on any atom is -0.445 e. The van der Waals surface area contributed by atoms with Crippen molar-refractivity contribution >= 4 is 5.57 Å². The molecule has 0 aromatic heterocycles. The Labute approximate surface area is 224 Å². The van der Waals surface area contributed by atoms with E-state index in [1.165, 1.54) is 30.2 Å². The summed E-state index contributed by atoms with van der Waals surface area (Å²) in [5, 5.41) is 3.25. The molecule has 0 aliphatic rings. The van der Waals surface area contributed by atoms with Crippen molar-refractivity contribution in [3.8, 4) is 0 Å².